The Kier molecular flexibility index (Phi) is 6.10. The van der Waals surface area contributed by atoms with Crippen LogP contribution < -0.4 is 5.32 Å². The first-order chi connectivity index (χ1) is 10.1. The minimum Gasteiger partial charge on any atom is -0.480 e. The molecular formula is C14H24N2O3S2. The lowest BCUT2D eigenvalue weighted by Crippen LogP contribution is -2.54. The molecule has 1 aliphatic carbocycles. The summed E-state index contributed by atoms with van der Waals surface area (Å²) in [6, 6.07) is -0.736. The number of aliphatic carboxylic acids is 1. The van der Waals surface area contributed by atoms with Gasteiger partial charge in [-0.25, -0.2) is 9.59 Å². The number of amides is 2. The summed E-state index contributed by atoms with van der Waals surface area (Å²) in [5.41, 5.74) is 0. The third kappa shape index (κ3) is 3.80. The molecule has 1 saturated carbocycles. The summed E-state index contributed by atoms with van der Waals surface area (Å²) < 4.78 is 0. The van der Waals surface area contributed by atoms with Gasteiger partial charge in [-0.2, -0.15) is 11.8 Å². The van der Waals surface area contributed by atoms with Crippen molar-refractivity contribution in [3.63, 3.8) is 0 Å². The standard InChI is InChI=1S/C14H24N2O3S2/c1-3-12-16(10(8-21-12)13(17)18)14(19)15-9-6-4-5-7-11(9)20-2/h9-12H,3-8H2,1-2H3,(H,15,19)(H,17,18). The van der Waals surface area contributed by atoms with E-state index in [-0.39, 0.29) is 17.4 Å². The Labute approximate surface area is 134 Å². The summed E-state index contributed by atoms with van der Waals surface area (Å²) in [5.74, 6) is -0.420. The number of carbonyl (C=O) groups excluding carboxylic acids is 1. The number of nitrogens with zero attached hydrogens (tertiary/aromatic N) is 1. The average molecular weight is 332 g/mol. The number of thioether (sulfide) groups is 2. The van der Waals surface area contributed by atoms with Crippen molar-refractivity contribution >= 4 is 35.5 Å². The van der Waals surface area contributed by atoms with Gasteiger partial charge in [0, 0.05) is 17.0 Å². The van der Waals surface area contributed by atoms with Gasteiger partial charge in [0.15, 0.2) is 0 Å². The van der Waals surface area contributed by atoms with Crippen molar-refractivity contribution in [1.29, 1.82) is 0 Å². The summed E-state index contributed by atoms with van der Waals surface area (Å²) >= 11 is 3.36. The number of hydrogen-bond donors (Lipinski definition) is 2. The summed E-state index contributed by atoms with van der Waals surface area (Å²) in [4.78, 5) is 25.5. The second-order valence-electron chi connectivity index (χ2n) is 5.57. The van der Waals surface area contributed by atoms with Gasteiger partial charge >= 0.3 is 12.0 Å². The van der Waals surface area contributed by atoms with Crippen LogP contribution in [-0.4, -0.2) is 56.7 Å². The molecule has 2 amide bonds. The highest BCUT2D eigenvalue weighted by atomic mass is 32.2. The van der Waals surface area contributed by atoms with Crippen molar-refractivity contribution < 1.29 is 14.7 Å². The molecule has 5 nitrogen and oxygen atoms in total. The molecule has 2 fully saturated rings. The molecule has 2 N–H and O–H groups in total. The topological polar surface area (TPSA) is 69.6 Å². The van der Waals surface area contributed by atoms with E-state index in [2.05, 4.69) is 11.6 Å². The number of carboxylic acids is 1. The molecule has 0 aromatic rings. The molecule has 1 saturated heterocycles. The van der Waals surface area contributed by atoms with Crippen LogP contribution in [0.1, 0.15) is 39.0 Å². The first-order valence-corrected chi connectivity index (χ1v) is 9.88. The van der Waals surface area contributed by atoms with Crippen LogP contribution in [0.25, 0.3) is 0 Å². The van der Waals surface area contributed by atoms with E-state index in [4.69, 9.17) is 0 Å². The largest absolute Gasteiger partial charge is 0.480 e. The molecule has 4 atom stereocenters. The number of urea groups is 1. The molecule has 0 bridgehead atoms. The monoisotopic (exact) mass is 332 g/mol. The Morgan fingerprint density at radius 2 is 2.10 bits per heavy atom. The number of rotatable bonds is 4. The second kappa shape index (κ2) is 7.63. The van der Waals surface area contributed by atoms with Crippen molar-refractivity contribution in [3.8, 4) is 0 Å². The van der Waals surface area contributed by atoms with Crippen LogP contribution in [0.3, 0.4) is 0 Å². The van der Waals surface area contributed by atoms with Crippen LogP contribution >= 0.6 is 23.5 Å². The van der Waals surface area contributed by atoms with Crippen LogP contribution in [0.5, 0.6) is 0 Å². The van der Waals surface area contributed by atoms with Gasteiger partial charge in [0.05, 0.1) is 5.37 Å². The summed E-state index contributed by atoms with van der Waals surface area (Å²) in [6.07, 6.45) is 7.32. The minimum atomic E-state index is -0.904. The van der Waals surface area contributed by atoms with Gasteiger partial charge in [-0.3, -0.25) is 4.90 Å². The molecule has 1 heterocycles. The Morgan fingerprint density at radius 1 is 1.38 bits per heavy atom. The SMILES string of the molecule is CCC1SCC(C(=O)O)N1C(=O)NC1CCCCC1SC. The Bertz CT molecular complexity index is 394. The molecule has 0 aromatic carbocycles. The maximum atomic E-state index is 12.6. The molecule has 7 heteroatoms. The van der Waals surface area contributed by atoms with E-state index in [1.165, 1.54) is 6.42 Å². The van der Waals surface area contributed by atoms with Gasteiger partial charge in [-0.05, 0) is 25.5 Å². The van der Waals surface area contributed by atoms with Crippen molar-refractivity contribution in [1.82, 2.24) is 10.2 Å². The average Bonchev–Trinajstić information content (AvgIpc) is 2.92. The van der Waals surface area contributed by atoms with E-state index in [9.17, 15) is 14.7 Å². The second-order valence-corrected chi connectivity index (χ2v) is 7.86. The number of carbonyl (C=O) groups is 2. The lowest BCUT2D eigenvalue weighted by molar-refractivity contribution is -0.141. The molecule has 2 aliphatic rings. The molecule has 120 valence electrons. The zero-order valence-electron chi connectivity index (χ0n) is 12.6. The van der Waals surface area contributed by atoms with Gasteiger partial charge in [-0.1, -0.05) is 19.8 Å². The lowest BCUT2D eigenvalue weighted by atomic mass is 9.95. The predicted octanol–water partition coefficient (Wildman–Crippen LogP) is 2.61. The van der Waals surface area contributed by atoms with E-state index in [0.717, 1.165) is 25.7 Å². The molecule has 21 heavy (non-hydrogen) atoms. The smallest absolute Gasteiger partial charge is 0.327 e. The fourth-order valence-electron chi connectivity index (χ4n) is 3.12. The fraction of sp³-hybridized carbons (Fsp3) is 0.857. The van der Waals surface area contributed by atoms with Crippen molar-refractivity contribution in [3.05, 3.63) is 0 Å². The summed E-state index contributed by atoms with van der Waals surface area (Å²) in [6.45, 7) is 1.99. The van der Waals surface area contributed by atoms with Crippen LogP contribution in [0.15, 0.2) is 0 Å². The first kappa shape index (κ1) is 16.8. The molecule has 2 rings (SSSR count). The Hall–Kier alpha value is -0.560. The molecular weight excluding hydrogens is 308 g/mol. The van der Waals surface area contributed by atoms with E-state index in [1.807, 2.05) is 6.92 Å². The zero-order chi connectivity index (χ0) is 15.4. The van der Waals surface area contributed by atoms with Gasteiger partial charge < -0.3 is 10.4 Å². The molecule has 0 spiro atoms. The predicted molar refractivity (Wildman–Crippen MR) is 87.9 cm³/mol. The zero-order valence-corrected chi connectivity index (χ0v) is 14.2. The van der Waals surface area contributed by atoms with Crippen LogP contribution in [0.4, 0.5) is 4.79 Å². The normalized spacial score (nSPS) is 33.0. The van der Waals surface area contributed by atoms with Crippen molar-refractivity contribution in [2.45, 2.75) is 61.7 Å². The van der Waals surface area contributed by atoms with Gasteiger partial charge in [0.1, 0.15) is 6.04 Å². The molecule has 0 radical (unpaired) electrons. The van der Waals surface area contributed by atoms with Gasteiger partial charge in [0.25, 0.3) is 0 Å². The summed E-state index contributed by atoms with van der Waals surface area (Å²) in [7, 11) is 0. The van der Waals surface area contributed by atoms with E-state index in [0.29, 0.717) is 11.0 Å². The fourth-order valence-corrected chi connectivity index (χ4v) is 5.40. The van der Waals surface area contributed by atoms with Gasteiger partial charge in [-0.15, -0.1) is 11.8 Å². The maximum Gasteiger partial charge on any atom is 0.327 e. The Morgan fingerprint density at radius 3 is 2.71 bits per heavy atom. The number of hydrogen-bond acceptors (Lipinski definition) is 4. The van der Waals surface area contributed by atoms with Crippen LogP contribution in [0.2, 0.25) is 0 Å². The highest BCUT2D eigenvalue weighted by molar-refractivity contribution is 8.00. The number of nitrogens with one attached hydrogen (secondary N) is 1. The highest BCUT2D eigenvalue weighted by Gasteiger charge is 2.41. The number of carboxylic acid groups (broad SMARTS) is 1. The third-order valence-electron chi connectivity index (χ3n) is 4.28. The van der Waals surface area contributed by atoms with Crippen molar-refractivity contribution in [2.24, 2.45) is 0 Å². The lowest BCUT2D eigenvalue weighted by Gasteiger charge is -2.34. The van der Waals surface area contributed by atoms with Gasteiger partial charge in [0.2, 0.25) is 0 Å². The highest BCUT2D eigenvalue weighted by Crippen LogP contribution is 2.32. The first-order valence-electron chi connectivity index (χ1n) is 7.54. The molecule has 4 unspecified atom stereocenters. The molecule has 0 aromatic heterocycles. The van der Waals surface area contributed by atoms with E-state index < -0.39 is 12.0 Å². The van der Waals surface area contributed by atoms with Crippen LogP contribution in [0, 0.1) is 0 Å². The van der Waals surface area contributed by atoms with E-state index >= 15 is 0 Å². The third-order valence-corrected chi connectivity index (χ3v) is 6.90. The maximum absolute atomic E-state index is 12.6. The van der Waals surface area contributed by atoms with Crippen molar-refractivity contribution in [2.75, 3.05) is 12.0 Å². The van der Waals surface area contributed by atoms with Crippen LogP contribution in [-0.2, 0) is 4.79 Å². The Balaban J connectivity index is 2.04. The van der Waals surface area contributed by atoms with E-state index in [1.54, 1.807) is 28.4 Å². The minimum absolute atomic E-state index is 0.0255. The quantitative estimate of drug-likeness (QED) is 0.828. The molecule has 1 aliphatic heterocycles. The summed E-state index contributed by atoms with van der Waals surface area (Å²) in [5, 5.41) is 12.8.